The molecule has 1 rings (SSSR count). The predicted molar refractivity (Wildman–Crippen MR) is 63.3 cm³/mol. The number of alkyl halides is 3. The lowest BCUT2D eigenvalue weighted by atomic mass is 10.1. The van der Waals surface area contributed by atoms with E-state index in [9.17, 15) is 13.2 Å². The second kappa shape index (κ2) is 4.72. The highest BCUT2D eigenvalue weighted by Crippen LogP contribution is 2.30. The van der Waals surface area contributed by atoms with Crippen LogP contribution in [0.2, 0.25) is 5.15 Å². The van der Waals surface area contributed by atoms with Crippen LogP contribution in [0.1, 0.15) is 26.3 Å². The van der Waals surface area contributed by atoms with E-state index in [-0.39, 0.29) is 5.82 Å². The molecular formula is C10H12ClF3N4. The van der Waals surface area contributed by atoms with E-state index in [1.54, 1.807) is 20.8 Å². The molecule has 1 aromatic heterocycles. The van der Waals surface area contributed by atoms with Crippen LogP contribution in [0.3, 0.4) is 0 Å². The molecule has 1 heterocycles. The fourth-order valence-electron chi connectivity index (χ4n) is 1.18. The molecule has 2 N–H and O–H groups in total. The molecule has 0 atom stereocenters. The fraction of sp³-hybridized carbons (Fsp3) is 0.500. The molecule has 8 heteroatoms. The molecule has 0 aliphatic heterocycles. The van der Waals surface area contributed by atoms with Crippen LogP contribution in [-0.2, 0) is 0 Å². The third-order valence-corrected chi connectivity index (χ3v) is 2.11. The van der Waals surface area contributed by atoms with Gasteiger partial charge in [0.25, 0.3) is 0 Å². The van der Waals surface area contributed by atoms with Crippen molar-refractivity contribution in [1.29, 1.82) is 5.41 Å². The lowest BCUT2D eigenvalue weighted by molar-refractivity contribution is -0.0587. The maximum atomic E-state index is 12.6. The van der Waals surface area contributed by atoms with Crippen LogP contribution in [0.4, 0.5) is 19.0 Å². The normalized spacial score (nSPS) is 12.4. The number of nitrogens with one attached hydrogen (secondary N) is 2. The molecule has 0 saturated heterocycles. The molecule has 0 bridgehead atoms. The van der Waals surface area contributed by atoms with Crippen molar-refractivity contribution in [3.8, 4) is 0 Å². The van der Waals surface area contributed by atoms with Gasteiger partial charge in [0.2, 0.25) is 0 Å². The topological polar surface area (TPSA) is 61.7 Å². The highest BCUT2D eigenvalue weighted by molar-refractivity contribution is 6.34. The zero-order valence-corrected chi connectivity index (χ0v) is 10.7. The van der Waals surface area contributed by atoms with Crippen molar-refractivity contribution in [3.05, 3.63) is 17.0 Å². The lowest BCUT2D eigenvalue weighted by Crippen LogP contribution is -2.31. The highest BCUT2D eigenvalue weighted by Gasteiger charge is 2.39. The summed E-state index contributed by atoms with van der Waals surface area (Å²) >= 11 is 5.63. The van der Waals surface area contributed by atoms with Gasteiger partial charge in [0.15, 0.2) is 0 Å². The van der Waals surface area contributed by atoms with Gasteiger partial charge in [-0.2, -0.15) is 13.2 Å². The Morgan fingerprint density at radius 3 is 2.28 bits per heavy atom. The van der Waals surface area contributed by atoms with E-state index >= 15 is 0 Å². The maximum absolute atomic E-state index is 12.6. The van der Waals surface area contributed by atoms with Crippen LogP contribution >= 0.6 is 11.6 Å². The Morgan fingerprint density at radius 1 is 1.28 bits per heavy atom. The van der Waals surface area contributed by atoms with Crippen molar-refractivity contribution in [2.75, 3.05) is 5.32 Å². The number of hydrogen-bond acceptors (Lipinski definition) is 4. The van der Waals surface area contributed by atoms with E-state index < -0.39 is 28.1 Å². The van der Waals surface area contributed by atoms with Crippen molar-refractivity contribution in [3.63, 3.8) is 0 Å². The Morgan fingerprint density at radius 2 is 1.83 bits per heavy atom. The fourth-order valence-corrected chi connectivity index (χ4v) is 1.40. The molecule has 18 heavy (non-hydrogen) atoms. The van der Waals surface area contributed by atoms with Gasteiger partial charge in [0.1, 0.15) is 23.0 Å². The third kappa shape index (κ3) is 3.56. The average Bonchev–Trinajstić information content (AvgIpc) is 2.13. The molecule has 0 aliphatic rings. The Bertz CT molecular complexity index is 465. The van der Waals surface area contributed by atoms with Crippen LogP contribution in [0.5, 0.6) is 0 Å². The van der Waals surface area contributed by atoms with Crippen LogP contribution in [0.15, 0.2) is 6.33 Å². The summed E-state index contributed by atoms with van der Waals surface area (Å²) in [5.74, 6) is -0.107. The summed E-state index contributed by atoms with van der Waals surface area (Å²) in [4.78, 5) is 7.19. The summed E-state index contributed by atoms with van der Waals surface area (Å²) in [6.07, 6.45) is -3.76. The molecule has 0 spiro atoms. The van der Waals surface area contributed by atoms with Crippen LogP contribution < -0.4 is 5.32 Å². The Balaban J connectivity index is 3.30. The summed E-state index contributed by atoms with van der Waals surface area (Å²) in [5, 5.41) is 9.50. The largest absolute Gasteiger partial charge is 0.433 e. The molecule has 0 fully saturated rings. The molecular weight excluding hydrogens is 269 g/mol. The van der Waals surface area contributed by atoms with Gasteiger partial charge in [-0.05, 0) is 20.8 Å². The lowest BCUT2D eigenvalue weighted by Gasteiger charge is -2.23. The first-order valence-corrected chi connectivity index (χ1v) is 5.35. The molecule has 0 amide bonds. The van der Waals surface area contributed by atoms with E-state index in [0.29, 0.717) is 0 Å². The molecule has 0 saturated carbocycles. The second-order valence-electron chi connectivity index (χ2n) is 4.64. The predicted octanol–water partition coefficient (Wildman–Crippen LogP) is 3.27. The van der Waals surface area contributed by atoms with E-state index in [2.05, 4.69) is 15.3 Å². The molecule has 0 unspecified atom stereocenters. The summed E-state index contributed by atoms with van der Waals surface area (Å²) in [6.45, 7) is 5.26. The first kappa shape index (κ1) is 14.7. The number of aromatic nitrogens is 2. The smallest absolute Gasteiger partial charge is 0.365 e. The quantitative estimate of drug-likeness (QED) is 0.645. The average molecular weight is 281 g/mol. The van der Waals surface area contributed by atoms with Gasteiger partial charge >= 0.3 is 6.18 Å². The van der Waals surface area contributed by atoms with Crippen molar-refractivity contribution >= 4 is 23.1 Å². The Hall–Kier alpha value is -1.37. The number of rotatable bonds is 2. The first-order chi connectivity index (χ1) is 8.02. The third-order valence-electron chi connectivity index (χ3n) is 1.83. The van der Waals surface area contributed by atoms with E-state index in [4.69, 9.17) is 17.0 Å². The standard InChI is InChI=1S/C10H12ClF3N4/c1-9(2,3)18-8-5(6(15)10(12,13)14)7(11)16-4-17-8/h4,15H,1-3H3,(H,16,17,18). The summed E-state index contributed by atoms with van der Waals surface area (Å²) in [7, 11) is 0. The van der Waals surface area contributed by atoms with Gasteiger partial charge in [-0.3, -0.25) is 5.41 Å². The molecule has 1 aromatic rings. The summed E-state index contributed by atoms with van der Waals surface area (Å²) in [5.41, 5.74) is -2.63. The van der Waals surface area contributed by atoms with Gasteiger partial charge in [-0.15, -0.1) is 0 Å². The highest BCUT2D eigenvalue weighted by atomic mass is 35.5. The zero-order valence-electron chi connectivity index (χ0n) is 9.98. The van der Waals surface area contributed by atoms with Gasteiger partial charge < -0.3 is 5.32 Å². The summed E-state index contributed by atoms with van der Waals surface area (Å²) in [6, 6.07) is 0. The minimum atomic E-state index is -4.80. The van der Waals surface area contributed by atoms with E-state index in [0.717, 1.165) is 6.33 Å². The number of halogens is 4. The molecule has 0 aromatic carbocycles. The monoisotopic (exact) mass is 280 g/mol. The van der Waals surface area contributed by atoms with Gasteiger partial charge in [-0.25, -0.2) is 9.97 Å². The van der Waals surface area contributed by atoms with E-state index in [1.165, 1.54) is 0 Å². The van der Waals surface area contributed by atoms with Crippen LogP contribution in [-0.4, -0.2) is 27.4 Å². The molecule has 100 valence electrons. The number of anilines is 1. The van der Waals surface area contributed by atoms with Crippen molar-refractivity contribution in [2.45, 2.75) is 32.5 Å². The van der Waals surface area contributed by atoms with Gasteiger partial charge in [0.05, 0.1) is 5.56 Å². The van der Waals surface area contributed by atoms with Crippen LogP contribution in [0, 0.1) is 5.41 Å². The van der Waals surface area contributed by atoms with Gasteiger partial charge in [-0.1, -0.05) is 11.6 Å². The SMILES string of the molecule is CC(C)(C)Nc1ncnc(Cl)c1C(=N)C(F)(F)F. The zero-order chi connectivity index (χ0) is 14.1. The first-order valence-electron chi connectivity index (χ1n) is 4.97. The second-order valence-corrected chi connectivity index (χ2v) is 4.99. The Kier molecular flexibility index (Phi) is 3.85. The van der Waals surface area contributed by atoms with Crippen molar-refractivity contribution < 1.29 is 13.2 Å². The number of hydrogen-bond donors (Lipinski definition) is 2. The van der Waals surface area contributed by atoms with Crippen molar-refractivity contribution in [2.24, 2.45) is 0 Å². The van der Waals surface area contributed by atoms with Crippen molar-refractivity contribution in [1.82, 2.24) is 9.97 Å². The maximum Gasteiger partial charge on any atom is 0.433 e. The molecule has 0 aliphatic carbocycles. The summed E-state index contributed by atoms with van der Waals surface area (Å²) < 4.78 is 37.7. The number of nitrogens with zero attached hydrogens (tertiary/aromatic N) is 2. The minimum absolute atomic E-state index is 0.107. The molecule has 0 radical (unpaired) electrons. The van der Waals surface area contributed by atoms with E-state index in [1.807, 2.05) is 0 Å². The van der Waals surface area contributed by atoms with Crippen LogP contribution in [0.25, 0.3) is 0 Å². The Labute approximate surface area is 107 Å². The minimum Gasteiger partial charge on any atom is -0.365 e. The molecule has 4 nitrogen and oxygen atoms in total. The van der Waals surface area contributed by atoms with Gasteiger partial charge in [0, 0.05) is 5.54 Å².